The van der Waals surface area contributed by atoms with Gasteiger partial charge in [-0.1, -0.05) is 498 Å². The van der Waals surface area contributed by atoms with E-state index < -0.39 is 0 Å². The van der Waals surface area contributed by atoms with Crippen LogP contribution in [0.4, 0.5) is 0 Å². The van der Waals surface area contributed by atoms with Crippen molar-refractivity contribution in [2.45, 2.75) is 498 Å². The predicted octanol–water partition coefficient (Wildman–Crippen LogP) is 33.1. The highest BCUT2D eigenvalue weighted by Gasteiger charge is 2.27. The molecule has 9 rings (SSSR count). The molecule has 0 saturated heterocycles. The smallest absolute Gasteiger partial charge is 0.0386 e. The molecule has 0 spiro atoms. The summed E-state index contributed by atoms with van der Waals surface area (Å²) in [6.45, 7) is 42.5. The molecule has 9 aliphatic carbocycles. The molecule has 0 N–H and O–H groups in total. The minimum atomic E-state index is 1.14. The lowest BCUT2D eigenvalue weighted by Crippen LogP contribution is -2.20. The molecule has 0 aromatic heterocycles. The zero-order chi connectivity index (χ0) is 64.2. The molecule has 0 bridgehead atoms. The van der Waals surface area contributed by atoms with E-state index in [1.54, 1.807) is 103 Å². The molecule has 0 atom stereocenters. The molecule has 9 fully saturated rings. The van der Waals surface area contributed by atoms with E-state index in [9.17, 15) is 0 Å². The van der Waals surface area contributed by atoms with E-state index in [2.05, 4.69) is 138 Å². The van der Waals surface area contributed by atoms with E-state index in [-0.39, 0.29) is 0 Å². The van der Waals surface area contributed by atoms with Gasteiger partial charge in [-0.15, -0.1) is 0 Å². The molecule has 0 heterocycles. The van der Waals surface area contributed by atoms with Crippen molar-refractivity contribution in [3.05, 3.63) is 0 Å². The third-order valence-electron chi connectivity index (χ3n) is 17.4. The molecule has 9 aliphatic rings. The Morgan fingerprint density at radius 3 is 0.214 bits per heavy atom. The average Bonchev–Trinajstić information content (AvgIpc) is 3.55. The van der Waals surface area contributed by atoms with Crippen LogP contribution in [0.5, 0.6) is 0 Å². The average molecular weight is 1190 g/mol. The summed E-state index contributed by atoms with van der Waals surface area (Å²) in [6, 6.07) is 0. The Bertz CT molecular complexity index is 723. The van der Waals surface area contributed by atoms with Crippen LogP contribution in [-0.4, -0.2) is 0 Å². The van der Waals surface area contributed by atoms with Crippen molar-refractivity contribution in [3.63, 3.8) is 0 Å². The normalized spacial score (nSPS) is 20.4. The second-order valence-electron chi connectivity index (χ2n) is 28.4. The fraction of sp³-hybridized carbons (Fsp3) is 1.00. The highest BCUT2D eigenvalue weighted by atomic mass is 14.3. The van der Waals surface area contributed by atoms with Gasteiger partial charge >= 0.3 is 0 Å². The molecular weight excluding hydrogens is 1010 g/mol. The molecule has 0 radical (unpaired) electrons. The monoisotopic (exact) mass is 1190 g/mol. The van der Waals surface area contributed by atoms with Crippen LogP contribution < -0.4 is 0 Å². The van der Waals surface area contributed by atoms with Crippen molar-refractivity contribution in [1.29, 1.82) is 0 Å². The van der Waals surface area contributed by atoms with Crippen LogP contribution in [0.1, 0.15) is 498 Å². The zero-order valence-corrected chi connectivity index (χ0v) is 64.2. The van der Waals surface area contributed by atoms with Crippen molar-refractivity contribution in [2.75, 3.05) is 0 Å². The minimum absolute atomic E-state index is 1.14. The van der Waals surface area contributed by atoms with Gasteiger partial charge in [0.2, 0.25) is 0 Å². The van der Waals surface area contributed by atoms with E-state index >= 15 is 0 Å². The van der Waals surface area contributed by atoms with E-state index in [0.29, 0.717) is 0 Å². The van der Waals surface area contributed by atoms with E-state index in [0.717, 1.165) is 47.3 Å². The molecule has 84 heavy (non-hydrogen) atoms. The molecule has 0 heteroatoms. The summed E-state index contributed by atoms with van der Waals surface area (Å²) < 4.78 is 0. The van der Waals surface area contributed by atoms with Gasteiger partial charge in [0.25, 0.3) is 0 Å². The van der Waals surface area contributed by atoms with Gasteiger partial charge in [-0.2, -0.15) is 0 Å². The first-order chi connectivity index (χ1) is 41.0. The summed E-state index contributed by atoms with van der Waals surface area (Å²) in [6.07, 6.45) is 83.1. The summed E-state index contributed by atoms with van der Waals surface area (Å²) in [7, 11) is 0. The lowest BCUT2D eigenvalue weighted by molar-refractivity contribution is 0.196. The third-order valence-corrected chi connectivity index (χ3v) is 17.4. The van der Waals surface area contributed by atoms with Crippen LogP contribution in [0, 0.1) is 47.3 Å². The van der Waals surface area contributed by atoms with Crippen LogP contribution in [-0.2, 0) is 0 Å². The quantitative estimate of drug-likeness (QED) is 0.263. The van der Waals surface area contributed by atoms with Gasteiger partial charge in [0.05, 0.1) is 0 Å². The Kier molecular flexibility index (Phi) is 98.7. The second-order valence-corrected chi connectivity index (χ2v) is 28.4. The zero-order valence-electron chi connectivity index (χ0n) is 64.2. The van der Waals surface area contributed by atoms with Gasteiger partial charge in [0.1, 0.15) is 0 Å². The van der Waals surface area contributed by atoms with Gasteiger partial charge in [0.15, 0.2) is 0 Å². The summed E-state index contributed by atoms with van der Waals surface area (Å²) in [4.78, 5) is 0. The molecule has 0 unspecified atom stereocenters. The Morgan fingerprint density at radius 1 is 0.107 bits per heavy atom. The summed E-state index contributed by atoms with van der Waals surface area (Å²) >= 11 is 0. The van der Waals surface area contributed by atoms with Crippen molar-refractivity contribution in [2.24, 2.45) is 47.3 Å². The van der Waals surface area contributed by atoms with Crippen LogP contribution in [0.2, 0.25) is 0 Å². The number of rotatable bonds is 4. The first-order valence-electron chi connectivity index (χ1n) is 41.0. The van der Waals surface area contributed by atoms with E-state index in [1.807, 2.05) is 0 Å². The maximum atomic E-state index is 2.12. The maximum Gasteiger partial charge on any atom is -0.0386 e. The van der Waals surface area contributed by atoms with Crippen molar-refractivity contribution < 1.29 is 0 Å². The van der Waals surface area contributed by atoms with Crippen LogP contribution in [0.3, 0.4) is 0 Å². The predicted molar refractivity (Wildman–Crippen MR) is 400 cm³/mol. The Hall–Kier alpha value is 0. The molecule has 9 saturated carbocycles. The minimum Gasteiger partial charge on any atom is -0.0656 e. The largest absolute Gasteiger partial charge is 0.0656 e. The first kappa shape index (κ1) is 95.1. The summed E-state index contributed by atoms with van der Waals surface area (Å²) in [5, 5.41) is 0. The molecule has 516 valence electrons. The third kappa shape index (κ3) is 72.7. The van der Waals surface area contributed by atoms with Gasteiger partial charge in [-0.05, 0) is 47.3 Å². The fourth-order valence-electron chi connectivity index (χ4n) is 13.9. The highest BCUT2D eigenvalue weighted by Crippen LogP contribution is 2.41. The van der Waals surface area contributed by atoms with Crippen LogP contribution in [0.15, 0.2) is 0 Å². The molecule has 0 aliphatic heterocycles. The highest BCUT2D eigenvalue weighted by molar-refractivity contribution is 4.80. The standard InChI is InChI=1S/4C12H22.C6H12.10C3H8/c4*1-3-7-11(8-4-1)12-9-5-2-6-10-12;1-2-4-6-5-3-1;10*1-3-2/h4*11-12H,1-10H2;1-6H2;10*3H2,1-2H3. The van der Waals surface area contributed by atoms with Crippen LogP contribution >= 0.6 is 0 Å². The van der Waals surface area contributed by atoms with Crippen molar-refractivity contribution in [1.82, 2.24) is 0 Å². The first-order valence-corrected chi connectivity index (χ1v) is 41.0. The van der Waals surface area contributed by atoms with Gasteiger partial charge in [0, 0.05) is 0 Å². The molecule has 0 aromatic carbocycles. The van der Waals surface area contributed by atoms with Gasteiger partial charge in [-0.25, -0.2) is 0 Å². The van der Waals surface area contributed by atoms with Crippen molar-refractivity contribution in [3.8, 4) is 0 Å². The topological polar surface area (TPSA) is 0 Å². The lowest BCUT2D eigenvalue weighted by Gasteiger charge is -2.32. The van der Waals surface area contributed by atoms with E-state index in [1.165, 1.54) is 257 Å². The van der Waals surface area contributed by atoms with E-state index in [4.69, 9.17) is 0 Å². The van der Waals surface area contributed by atoms with Gasteiger partial charge < -0.3 is 0 Å². The Labute approximate surface area is 542 Å². The molecule has 0 nitrogen and oxygen atoms in total. The number of hydrogen-bond acceptors (Lipinski definition) is 0. The SMILES string of the molecule is C1CCC(C2CCCCC2)CC1.C1CCC(C2CCCCC2)CC1.C1CCC(C2CCCCC2)CC1.C1CCC(C2CCCCC2)CC1.C1CCCCC1.CCC.CCC.CCC.CCC.CCC.CCC.CCC.CCC.CCC.CCC. The Balaban J connectivity index is -0.000000204. The Morgan fingerprint density at radius 2 is 0.155 bits per heavy atom. The van der Waals surface area contributed by atoms with Gasteiger partial charge in [-0.3, -0.25) is 0 Å². The lowest BCUT2D eigenvalue weighted by atomic mass is 9.73. The molecular formula is C84H180. The maximum absolute atomic E-state index is 2.12. The molecule has 0 amide bonds. The second kappa shape index (κ2) is 87.2. The number of hydrogen-bond donors (Lipinski definition) is 0. The fourth-order valence-corrected chi connectivity index (χ4v) is 13.9. The van der Waals surface area contributed by atoms with Crippen molar-refractivity contribution >= 4 is 0 Å². The summed E-state index contributed by atoms with van der Waals surface area (Å²) in [5.41, 5.74) is 0. The summed E-state index contributed by atoms with van der Waals surface area (Å²) in [5.74, 6) is 9.10. The van der Waals surface area contributed by atoms with Crippen LogP contribution in [0.25, 0.3) is 0 Å². The molecule has 0 aromatic rings.